The molecule has 0 radical (unpaired) electrons. The summed E-state index contributed by atoms with van der Waals surface area (Å²) < 4.78 is 53.3. The number of esters is 1. The van der Waals surface area contributed by atoms with Gasteiger partial charge in [0, 0.05) is 37.1 Å². The first kappa shape index (κ1) is 30.9. The van der Waals surface area contributed by atoms with E-state index in [-0.39, 0.29) is 25.1 Å². The van der Waals surface area contributed by atoms with E-state index in [4.69, 9.17) is 9.47 Å². The van der Waals surface area contributed by atoms with E-state index in [0.717, 1.165) is 23.2 Å². The van der Waals surface area contributed by atoms with Crippen molar-refractivity contribution >= 4 is 28.8 Å². The predicted molar refractivity (Wildman–Crippen MR) is 163 cm³/mol. The second-order valence-electron chi connectivity index (χ2n) is 11.4. The van der Waals surface area contributed by atoms with Crippen molar-refractivity contribution in [2.75, 3.05) is 19.6 Å². The Balaban J connectivity index is 1.17. The Hall–Kier alpha value is -5.07. The van der Waals surface area contributed by atoms with Gasteiger partial charge in [0.25, 0.3) is 0 Å². The topological polar surface area (TPSA) is 103 Å². The van der Waals surface area contributed by atoms with E-state index in [1.807, 2.05) is 77.3 Å². The SMILES string of the molecule is CC[C@@H]1CN(C(=O)NCC(F)(F)F)C[C@@H]1c1cnc2cnc3c(ccn3COC(=O)C(C)c3cccc(Oc4ccccc4)c3)n12. The van der Waals surface area contributed by atoms with Gasteiger partial charge >= 0.3 is 18.2 Å². The van der Waals surface area contributed by atoms with Crippen LogP contribution in [0.15, 0.2) is 79.3 Å². The van der Waals surface area contributed by atoms with Gasteiger partial charge in [-0.15, -0.1) is 0 Å². The second-order valence-corrected chi connectivity index (χ2v) is 11.4. The number of alkyl halides is 3. The Kier molecular flexibility index (Phi) is 8.57. The maximum absolute atomic E-state index is 13.1. The number of likely N-dealkylation sites (tertiary alicyclic amines) is 1. The van der Waals surface area contributed by atoms with Gasteiger partial charge < -0.3 is 19.7 Å². The molecule has 13 heteroatoms. The van der Waals surface area contributed by atoms with Gasteiger partial charge in [0.1, 0.15) is 18.0 Å². The number of carbonyl (C=O) groups excluding carboxylic acids is 2. The minimum atomic E-state index is -4.48. The van der Waals surface area contributed by atoms with Crippen molar-refractivity contribution in [1.29, 1.82) is 0 Å². The highest BCUT2D eigenvalue weighted by Gasteiger charge is 2.38. The molecule has 0 bridgehead atoms. The number of aromatic nitrogens is 4. The van der Waals surface area contributed by atoms with Gasteiger partial charge in [-0.2, -0.15) is 13.2 Å². The van der Waals surface area contributed by atoms with E-state index >= 15 is 0 Å². The number of urea groups is 1. The van der Waals surface area contributed by atoms with E-state index < -0.39 is 30.6 Å². The number of ether oxygens (including phenoxy) is 2. The van der Waals surface area contributed by atoms with Crippen LogP contribution in [-0.4, -0.2) is 61.6 Å². The van der Waals surface area contributed by atoms with Crippen molar-refractivity contribution < 1.29 is 32.2 Å². The maximum Gasteiger partial charge on any atom is 0.405 e. The van der Waals surface area contributed by atoms with Crippen molar-refractivity contribution in [2.45, 2.75) is 45.0 Å². The second kappa shape index (κ2) is 12.7. The van der Waals surface area contributed by atoms with Crippen LogP contribution < -0.4 is 10.1 Å². The number of carbonyl (C=O) groups is 2. The molecule has 46 heavy (non-hydrogen) atoms. The summed E-state index contributed by atoms with van der Waals surface area (Å²) in [6.45, 7) is 2.92. The molecule has 1 N–H and O–H groups in total. The van der Waals surface area contributed by atoms with Gasteiger partial charge in [-0.3, -0.25) is 13.8 Å². The zero-order valence-corrected chi connectivity index (χ0v) is 25.3. The number of halogens is 3. The van der Waals surface area contributed by atoms with Crippen LogP contribution in [0.4, 0.5) is 18.0 Å². The first-order valence-corrected chi connectivity index (χ1v) is 15.0. The van der Waals surface area contributed by atoms with Gasteiger partial charge in [-0.25, -0.2) is 14.8 Å². The largest absolute Gasteiger partial charge is 0.457 e. The molecule has 6 rings (SSSR count). The number of hydrogen-bond donors (Lipinski definition) is 1. The van der Waals surface area contributed by atoms with Crippen LogP contribution in [0.1, 0.15) is 43.4 Å². The maximum atomic E-state index is 13.1. The third kappa shape index (κ3) is 6.49. The number of imidazole rings is 1. The zero-order valence-electron chi connectivity index (χ0n) is 25.3. The van der Waals surface area contributed by atoms with Crippen molar-refractivity contribution in [3.63, 3.8) is 0 Å². The molecule has 5 aromatic rings. The normalized spacial score (nSPS) is 17.4. The Morgan fingerprint density at radius 2 is 1.80 bits per heavy atom. The van der Waals surface area contributed by atoms with E-state index in [1.165, 1.54) is 4.90 Å². The molecule has 10 nitrogen and oxygen atoms in total. The molecule has 0 saturated carbocycles. The van der Waals surface area contributed by atoms with E-state index in [1.54, 1.807) is 30.1 Å². The molecule has 0 spiro atoms. The highest BCUT2D eigenvalue weighted by molar-refractivity contribution is 5.79. The summed E-state index contributed by atoms with van der Waals surface area (Å²) in [5, 5.41) is 1.98. The smallest absolute Gasteiger partial charge is 0.405 e. The number of nitrogens with zero attached hydrogens (tertiary/aromatic N) is 5. The minimum Gasteiger partial charge on any atom is -0.457 e. The van der Waals surface area contributed by atoms with Gasteiger partial charge in [0.15, 0.2) is 18.0 Å². The number of para-hydroxylation sites is 1. The molecule has 1 saturated heterocycles. The average Bonchev–Trinajstić information content (AvgIpc) is 3.78. The lowest BCUT2D eigenvalue weighted by atomic mass is 9.91. The third-order valence-electron chi connectivity index (χ3n) is 8.38. The number of rotatable bonds is 9. The molecule has 240 valence electrons. The average molecular weight is 635 g/mol. The third-order valence-corrected chi connectivity index (χ3v) is 8.38. The standard InChI is InChI=1S/C33H33F3N6O4/c1-3-22-17-41(32(44)39-19-33(34,35)36)18-26(22)28-15-37-29-16-38-30-27(42(28)29)12-13-40(30)20-45-31(43)21(2)23-8-7-11-25(14-23)46-24-9-5-4-6-10-24/h4-16,21-22,26H,3,17-20H2,1-2H3,(H,39,44)/t21?,22-,26+/m1/s1. The van der Waals surface area contributed by atoms with Crippen molar-refractivity contribution in [1.82, 2.24) is 29.2 Å². The molecule has 4 heterocycles. The van der Waals surface area contributed by atoms with E-state index in [9.17, 15) is 22.8 Å². The molecule has 1 unspecified atom stereocenters. The summed E-state index contributed by atoms with van der Waals surface area (Å²) in [6.07, 6.45) is 1.37. The summed E-state index contributed by atoms with van der Waals surface area (Å²) in [5.41, 5.74) is 3.48. The van der Waals surface area contributed by atoms with Crippen LogP contribution in [0.3, 0.4) is 0 Å². The highest BCUT2D eigenvalue weighted by Crippen LogP contribution is 2.36. The highest BCUT2D eigenvalue weighted by atomic mass is 19.4. The fourth-order valence-electron chi connectivity index (χ4n) is 5.93. The molecule has 2 aromatic carbocycles. The number of amides is 2. The van der Waals surface area contributed by atoms with Crippen LogP contribution in [-0.2, 0) is 16.3 Å². The van der Waals surface area contributed by atoms with Gasteiger partial charge in [-0.1, -0.05) is 43.7 Å². The molecule has 1 aliphatic heterocycles. The monoisotopic (exact) mass is 634 g/mol. The fraction of sp³-hybridized carbons (Fsp3) is 0.333. The van der Waals surface area contributed by atoms with Crippen LogP contribution in [0.5, 0.6) is 11.5 Å². The minimum absolute atomic E-state index is 0.0286. The lowest BCUT2D eigenvalue weighted by Crippen LogP contribution is -2.42. The molecule has 3 aromatic heterocycles. The van der Waals surface area contributed by atoms with Crippen molar-refractivity contribution in [2.24, 2.45) is 5.92 Å². The molecular weight excluding hydrogens is 601 g/mol. The lowest BCUT2D eigenvalue weighted by Gasteiger charge is -2.18. The fourth-order valence-corrected chi connectivity index (χ4v) is 5.93. The van der Waals surface area contributed by atoms with Gasteiger partial charge in [0.05, 0.1) is 17.6 Å². The summed E-state index contributed by atoms with van der Waals surface area (Å²) in [4.78, 5) is 36.1. The number of fused-ring (bicyclic) bond motifs is 3. The first-order valence-electron chi connectivity index (χ1n) is 15.0. The Labute approximate surface area is 262 Å². The quantitative estimate of drug-likeness (QED) is 0.186. The molecular formula is C33H33F3N6O4. The number of nitrogens with one attached hydrogen (secondary N) is 1. The Morgan fingerprint density at radius 3 is 2.57 bits per heavy atom. The number of benzene rings is 2. The van der Waals surface area contributed by atoms with E-state index in [2.05, 4.69) is 9.97 Å². The summed E-state index contributed by atoms with van der Waals surface area (Å²) in [7, 11) is 0. The Bertz CT molecular complexity index is 1850. The van der Waals surface area contributed by atoms with E-state index in [0.29, 0.717) is 29.3 Å². The zero-order chi connectivity index (χ0) is 32.4. The first-order chi connectivity index (χ1) is 22.1. The van der Waals surface area contributed by atoms with Gasteiger partial charge in [0.2, 0.25) is 0 Å². The Morgan fingerprint density at radius 1 is 1.02 bits per heavy atom. The van der Waals surface area contributed by atoms with Crippen LogP contribution in [0.2, 0.25) is 0 Å². The summed E-state index contributed by atoms with van der Waals surface area (Å²) >= 11 is 0. The molecule has 1 aliphatic rings. The van der Waals surface area contributed by atoms with Crippen LogP contribution in [0, 0.1) is 5.92 Å². The number of hydrogen-bond acceptors (Lipinski definition) is 6. The molecule has 2 amide bonds. The molecule has 1 fully saturated rings. The van der Waals surface area contributed by atoms with Crippen molar-refractivity contribution in [3.05, 3.63) is 90.5 Å². The summed E-state index contributed by atoms with van der Waals surface area (Å²) in [6, 6.07) is 17.8. The lowest BCUT2D eigenvalue weighted by molar-refractivity contribution is -0.148. The predicted octanol–water partition coefficient (Wildman–Crippen LogP) is 6.48. The molecule has 0 aliphatic carbocycles. The molecule has 3 atom stereocenters. The van der Waals surface area contributed by atoms with Gasteiger partial charge in [-0.05, 0) is 48.7 Å². The van der Waals surface area contributed by atoms with Crippen LogP contribution in [0.25, 0.3) is 16.8 Å². The van der Waals surface area contributed by atoms with Crippen molar-refractivity contribution in [3.8, 4) is 11.5 Å². The summed E-state index contributed by atoms with van der Waals surface area (Å²) in [5.74, 6) is 0.224. The van der Waals surface area contributed by atoms with Crippen LogP contribution >= 0.6 is 0 Å².